The van der Waals surface area contributed by atoms with Crippen LogP contribution < -0.4 is 0 Å². The number of alkyl halides is 1. The van der Waals surface area contributed by atoms with Gasteiger partial charge in [-0.1, -0.05) is 76.6 Å². The topological polar surface area (TPSA) is 57.7 Å². The number of carbonyl (C=O) groups excluding carboxylic acids is 1. The molecule has 26 heavy (non-hydrogen) atoms. The highest BCUT2D eigenvalue weighted by atomic mass is 79.9. The minimum Gasteiger partial charge on any atom is -0.314 e. The van der Waals surface area contributed by atoms with Crippen molar-refractivity contribution < 1.29 is 13.2 Å². The number of nitrogens with zero attached hydrogens (tertiary/aromatic N) is 2. The van der Waals surface area contributed by atoms with Crippen molar-refractivity contribution in [1.82, 2.24) is 9.80 Å². The Morgan fingerprint density at radius 3 is 1.92 bits per heavy atom. The molecule has 3 unspecified atom stereocenters. The van der Waals surface area contributed by atoms with Crippen molar-refractivity contribution in [2.75, 3.05) is 5.75 Å². The number of halogens is 1. The minimum atomic E-state index is -3.28. The van der Waals surface area contributed by atoms with Gasteiger partial charge in [-0.2, -0.15) is 0 Å². The second-order valence-corrected chi connectivity index (χ2v) is 10.5. The third-order valence-corrected chi connectivity index (χ3v) is 9.07. The van der Waals surface area contributed by atoms with Gasteiger partial charge in [-0.15, -0.1) is 0 Å². The van der Waals surface area contributed by atoms with Crippen molar-refractivity contribution in [2.24, 2.45) is 0 Å². The summed E-state index contributed by atoms with van der Waals surface area (Å²) < 4.78 is 24.2. The number of rotatable bonds is 4. The maximum atomic E-state index is 13.1. The molecule has 2 heterocycles. The van der Waals surface area contributed by atoms with Gasteiger partial charge in [-0.25, -0.2) is 13.2 Å². The smallest absolute Gasteiger partial charge is 0.314 e. The molecule has 0 radical (unpaired) electrons. The molecule has 5 nitrogen and oxygen atoms in total. The van der Waals surface area contributed by atoms with Gasteiger partial charge in [-0.3, -0.25) is 0 Å². The van der Waals surface area contributed by atoms with E-state index in [-0.39, 0.29) is 23.9 Å². The van der Waals surface area contributed by atoms with E-state index in [1.54, 1.807) is 9.80 Å². The molecule has 0 spiro atoms. The zero-order valence-electron chi connectivity index (χ0n) is 14.0. The summed E-state index contributed by atoms with van der Waals surface area (Å²) in [7, 11) is -3.28. The van der Waals surface area contributed by atoms with Gasteiger partial charge >= 0.3 is 6.03 Å². The fourth-order valence-electron chi connectivity index (χ4n) is 3.79. The molecule has 0 bridgehead atoms. The first-order valence-electron chi connectivity index (χ1n) is 8.48. The Kier molecular flexibility index (Phi) is 4.52. The number of hydrogen-bond acceptors (Lipinski definition) is 3. The average Bonchev–Trinajstić information content (AvgIpc) is 3.02. The van der Waals surface area contributed by atoms with Crippen LogP contribution in [0.4, 0.5) is 4.79 Å². The van der Waals surface area contributed by atoms with Crippen LogP contribution >= 0.6 is 15.9 Å². The zero-order valence-corrected chi connectivity index (χ0v) is 16.4. The zero-order chi connectivity index (χ0) is 18.3. The van der Waals surface area contributed by atoms with Crippen LogP contribution in [-0.2, 0) is 22.9 Å². The molecule has 0 aliphatic carbocycles. The van der Waals surface area contributed by atoms with E-state index in [0.29, 0.717) is 13.1 Å². The van der Waals surface area contributed by atoms with Gasteiger partial charge < -0.3 is 9.80 Å². The lowest BCUT2D eigenvalue weighted by atomic mass is 10.1. The summed E-state index contributed by atoms with van der Waals surface area (Å²) in [5, 5.41) is 0. The second-order valence-electron chi connectivity index (χ2n) is 6.75. The van der Waals surface area contributed by atoms with Gasteiger partial charge in [0.1, 0.15) is 4.16 Å². The van der Waals surface area contributed by atoms with E-state index in [9.17, 15) is 13.2 Å². The first kappa shape index (κ1) is 17.5. The van der Waals surface area contributed by atoms with Gasteiger partial charge in [0, 0.05) is 13.1 Å². The molecular formula is C19H19BrN2O3S. The number of benzene rings is 2. The van der Waals surface area contributed by atoms with Crippen molar-refractivity contribution in [3.8, 4) is 0 Å². The van der Waals surface area contributed by atoms with E-state index in [0.717, 1.165) is 11.1 Å². The SMILES string of the molecule is O=C1N(Cc2ccccc2)C2CS(=O)(=O)C(Br)C2N1Cc1ccccc1. The molecular weight excluding hydrogens is 416 g/mol. The summed E-state index contributed by atoms with van der Waals surface area (Å²) >= 11 is 3.35. The van der Waals surface area contributed by atoms with Crippen LogP contribution in [0.15, 0.2) is 60.7 Å². The van der Waals surface area contributed by atoms with Crippen molar-refractivity contribution >= 4 is 31.8 Å². The van der Waals surface area contributed by atoms with Crippen LogP contribution in [0, 0.1) is 0 Å². The van der Waals surface area contributed by atoms with Gasteiger partial charge in [0.15, 0.2) is 9.84 Å². The Balaban J connectivity index is 1.67. The highest BCUT2D eigenvalue weighted by Crippen LogP contribution is 2.40. The van der Waals surface area contributed by atoms with Crippen molar-refractivity contribution in [2.45, 2.75) is 29.3 Å². The lowest BCUT2D eigenvalue weighted by molar-refractivity contribution is 0.181. The highest BCUT2D eigenvalue weighted by Gasteiger charge is 2.58. The standard InChI is InChI=1S/C19H19BrN2O3S/c20-18-17-16(13-26(18,24)25)21(11-14-7-3-1-4-8-14)19(23)22(17)12-15-9-5-2-6-10-15/h1-10,16-18H,11-13H2. The third-order valence-electron chi connectivity index (χ3n) is 5.05. The first-order chi connectivity index (χ1) is 12.5. The largest absolute Gasteiger partial charge is 0.321 e. The van der Waals surface area contributed by atoms with Crippen LogP contribution in [0.3, 0.4) is 0 Å². The van der Waals surface area contributed by atoms with E-state index < -0.39 is 14.0 Å². The molecule has 7 heteroatoms. The minimum absolute atomic E-state index is 0.00253. The maximum Gasteiger partial charge on any atom is 0.321 e. The molecule has 2 amide bonds. The van der Waals surface area contributed by atoms with Crippen LogP contribution in [-0.4, -0.2) is 46.2 Å². The first-order valence-corrected chi connectivity index (χ1v) is 11.1. The van der Waals surface area contributed by atoms with Crippen LogP contribution in [0.1, 0.15) is 11.1 Å². The number of amides is 2. The summed E-state index contributed by atoms with van der Waals surface area (Å²) in [6.45, 7) is 0.825. The molecule has 0 aromatic heterocycles. The van der Waals surface area contributed by atoms with Gasteiger partial charge in [0.25, 0.3) is 0 Å². The molecule has 136 valence electrons. The Labute approximate surface area is 161 Å². The number of carbonyl (C=O) groups is 1. The Morgan fingerprint density at radius 1 is 0.885 bits per heavy atom. The van der Waals surface area contributed by atoms with E-state index in [4.69, 9.17) is 0 Å². The van der Waals surface area contributed by atoms with Crippen LogP contribution in [0.25, 0.3) is 0 Å². The lowest BCUT2D eigenvalue weighted by Gasteiger charge is -2.24. The second kappa shape index (κ2) is 6.70. The third kappa shape index (κ3) is 3.03. The van der Waals surface area contributed by atoms with Crippen molar-refractivity contribution in [3.05, 3.63) is 71.8 Å². The molecule has 2 saturated heterocycles. The number of sulfone groups is 1. The number of urea groups is 1. The van der Waals surface area contributed by atoms with E-state index >= 15 is 0 Å². The van der Waals surface area contributed by atoms with Crippen LogP contribution in [0.5, 0.6) is 0 Å². The van der Waals surface area contributed by atoms with Crippen molar-refractivity contribution in [3.63, 3.8) is 0 Å². The molecule has 2 fully saturated rings. The summed E-state index contributed by atoms with van der Waals surface area (Å²) in [4.78, 5) is 16.5. The normalized spacial score (nSPS) is 27.0. The van der Waals surface area contributed by atoms with Gasteiger partial charge in [-0.05, 0) is 11.1 Å². The predicted molar refractivity (Wildman–Crippen MR) is 103 cm³/mol. The van der Waals surface area contributed by atoms with E-state index in [1.165, 1.54) is 0 Å². The Morgan fingerprint density at radius 2 is 1.38 bits per heavy atom. The molecule has 3 atom stereocenters. The van der Waals surface area contributed by atoms with Crippen LogP contribution in [0.2, 0.25) is 0 Å². The number of hydrogen-bond donors (Lipinski definition) is 0. The molecule has 2 aromatic rings. The monoisotopic (exact) mass is 434 g/mol. The Bertz CT molecular complexity index is 905. The quantitative estimate of drug-likeness (QED) is 0.548. The molecule has 0 saturated carbocycles. The Hall–Kier alpha value is -1.86. The predicted octanol–water partition coefficient (Wildman–Crippen LogP) is 3.01. The summed E-state index contributed by atoms with van der Waals surface area (Å²) in [6.07, 6.45) is 0. The maximum absolute atomic E-state index is 13.1. The molecule has 4 rings (SSSR count). The molecule has 0 N–H and O–H groups in total. The molecule has 2 aliphatic rings. The van der Waals surface area contributed by atoms with E-state index in [2.05, 4.69) is 15.9 Å². The fourth-order valence-corrected chi connectivity index (χ4v) is 6.68. The highest BCUT2D eigenvalue weighted by molar-refractivity contribution is 9.11. The number of fused-ring (bicyclic) bond motifs is 1. The fraction of sp³-hybridized carbons (Fsp3) is 0.316. The van der Waals surface area contributed by atoms with Gasteiger partial charge in [0.05, 0.1) is 17.8 Å². The van der Waals surface area contributed by atoms with Gasteiger partial charge in [0.2, 0.25) is 0 Å². The average molecular weight is 435 g/mol. The lowest BCUT2D eigenvalue weighted by Crippen LogP contribution is -2.39. The summed E-state index contributed by atoms with van der Waals surface area (Å²) in [6, 6.07) is 18.5. The van der Waals surface area contributed by atoms with E-state index in [1.807, 2.05) is 60.7 Å². The molecule has 2 aromatic carbocycles. The molecule has 2 aliphatic heterocycles. The summed E-state index contributed by atoms with van der Waals surface area (Å²) in [5.74, 6) is -0.00253. The summed E-state index contributed by atoms with van der Waals surface area (Å²) in [5.41, 5.74) is 1.99. The van der Waals surface area contributed by atoms with Crippen molar-refractivity contribution in [1.29, 1.82) is 0 Å².